The molecule has 1 unspecified atom stereocenters. The largest absolute Gasteiger partial charge is 0.459 e. The van der Waals surface area contributed by atoms with Gasteiger partial charge in [-0.1, -0.05) is 33.6 Å². The fourth-order valence-corrected chi connectivity index (χ4v) is 5.88. The maximum Gasteiger partial charge on any atom is 0.306 e. The molecule has 0 radical (unpaired) electrons. The van der Waals surface area contributed by atoms with Crippen molar-refractivity contribution in [2.75, 3.05) is 0 Å². The molecule has 3 rings (SSSR count). The van der Waals surface area contributed by atoms with E-state index in [4.69, 9.17) is 4.74 Å². The number of esters is 1. The van der Waals surface area contributed by atoms with Crippen LogP contribution >= 0.6 is 0 Å². The van der Waals surface area contributed by atoms with Crippen LogP contribution in [-0.2, 0) is 9.53 Å². The highest BCUT2D eigenvalue weighted by Crippen LogP contribution is 2.65. The third-order valence-electron chi connectivity index (χ3n) is 7.09. The molecule has 1 saturated heterocycles. The first kappa shape index (κ1) is 13.5. The van der Waals surface area contributed by atoms with E-state index in [1.54, 1.807) is 0 Å². The Morgan fingerprint density at radius 1 is 1.16 bits per heavy atom. The monoisotopic (exact) mass is 264 g/mol. The Labute approximate surface area is 117 Å². The van der Waals surface area contributed by atoms with Crippen LogP contribution in [0, 0.1) is 22.7 Å². The molecule has 0 aromatic heterocycles. The van der Waals surface area contributed by atoms with Gasteiger partial charge in [0.05, 0.1) is 6.42 Å². The number of hydrogen-bond acceptors (Lipinski definition) is 2. The van der Waals surface area contributed by atoms with Crippen molar-refractivity contribution < 1.29 is 9.53 Å². The van der Waals surface area contributed by atoms with E-state index in [0.29, 0.717) is 23.2 Å². The molecule has 1 aliphatic heterocycles. The average molecular weight is 264 g/mol. The number of rotatable bonds is 1. The maximum atomic E-state index is 11.8. The number of carbonyl (C=O) groups excluding carboxylic acids is 1. The molecule has 5 atom stereocenters. The zero-order chi connectivity index (χ0) is 13.9. The van der Waals surface area contributed by atoms with E-state index < -0.39 is 0 Å². The molecule has 0 aromatic carbocycles. The van der Waals surface area contributed by atoms with Crippen molar-refractivity contribution in [3.8, 4) is 0 Å². The molecular formula is C17H28O2. The van der Waals surface area contributed by atoms with Crippen LogP contribution in [0.25, 0.3) is 0 Å². The van der Waals surface area contributed by atoms with Crippen LogP contribution in [0.3, 0.4) is 0 Å². The van der Waals surface area contributed by atoms with Crippen molar-refractivity contribution in [3.63, 3.8) is 0 Å². The van der Waals surface area contributed by atoms with Gasteiger partial charge in [-0.3, -0.25) is 4.79 Å². The molecule has 0 amide bonds. The van der Waals surface area contributed by atoms with Crippen LogP contribution in [0.5, 0.6) is 0 Å². The smallest absolute Gasteiger partial charge is 0.306 e. The molecule has 0 aromatic rings. The summed E-state index contributed by atoms with van der Waals surface area (Å²) in [6.07, 6.45) is 8.19. The Hall–Kier alpha value is -0.530. The summed E-state index contributed by atoms with van der Waals surface area (Å²) in [5.74, 6) is 1.25. The predicted molar refractivity (Wildman–Crippen MR) is 75.7 cm³/mol. The lowest BCUT2D eigenvalue weighted by Crippen LogP contribution is -2.56. The van der Waals surface area contributed by atoms with Gasteiger partial charge < -0.3 is 4.74 Å². The van der Waals surface area contributed by atoms with Crippen LogP contribution < -0.4 is 0 Å². The first-order valence-corrected chi connectivity index (χ1v) is 8.06. The molecular weight excluding hydrogens is 236 g/mol. The van der Waals surface area contributed by atoms with Crippen molar-refractivity contribution in [2.24, 2.45) is 22.7 Å². The molecule has 3 fully saturated rings. The average Bonchev–Trinajstić information content (AvgIpc) is 2.65. The van der Waals surface area contributed by atoms with Gasteiger partial charge >= 0.3 is 5.97 Å². The fourth-order valence-electron chi connectivity index (χ4n) is 5.88. The molecule has 0 bridgehead atoms. The minimum absolute atomic E-state index is 0.0400. The Morgan fingerprint density at radius 3 is 2.58 bits per heavy atom. The van der Waals surface area contributed by atoms with Gasteiger partial charge in [0.15, 0.2) is 0 Å². The standard InChI is InChI=1S/C17H28O2/c1-5-15(2)8-6-9-16(3)12(15)7-10-17(4)13(16)11-14(18)19-17/h12-13H,5-11H2,1-4H3/t12?,13-,15-,16+,17-/m1/s1. The van der Waals surface area contributed by atoms with E-state index in [-0.39, 0.29) is 11.6 Å². The van der Waals surface area contributed by atoms with Crippen molar-refractivity contribution >= 4 is 5.97 Å². The van der Waals surface area contributed by atoms with Crippen molar-refractivity contribution in [3.05, 3.63) is 0 Å². The maximum absolute atomic E-state index is 11.8. The lowest BCUT2D eigenvalue weighted by atomic mass is 9.45. The van der Waals surface area contributed by atoms with E-state index in [0.717, 1.165) is 12.3 Å². The lowest BCUT2D eigenvalue weighted by Gasteiger charge is -2.60. The molecule has 0 spiro atoms. The number of fused-ring (bicyclic) bond motifs is 3. The van der Waals surface area contributed by atoms with Gasteiger partial charge in [0, 0.05) is 5.92 Å². The summed E-state index contributed by atoms with van der Waals surface area (Å²) in [5.41, 5.74) is 0.608. The zero-order valence-corrected chi connectivity index (χ0v) is 12.9. The highest BCUT2D eigenvalue weighted by molar-refractivity contribution is 5.73. The topological polar surface area (TPSA) is 26.3 Å². The van der Waals surface area contributed by atoms with Crippen LogP contribution in [-0.4, -0.2) is 11.6 Å². The Balaban J connectivity index is 1.99. The SMILES string of the molecule is CC[C@]1(C)CCC[C@@]2(C)C1CC[C@@]1(C)OC(=O)C[C@@H]12. The third kappa shape index (κ3) is 1.71. The molecule has 108 valence electrons. The summed E-state index contributed by atoms with van der Waals surface area (Å²) in [6, 6.07) is 0. The first-order valence-electron chi connectivity index (χ1n) is 8.06. The summed E-state index contributed by atoms with van der Waals surface area (Å²) in [7, 11) is 0. The molecule has 2 nitrogen and oxygen atoms in total. The summed E-state index contributed by atoms with van der Waals surface area (Å²) < 4.78 is 5.73. The lowest BCUT2D eigenvalue weighted by molar-refractivity contribution is -0.166. The van der Waals surface area contributed by atoms with Gasteiger partial charge in [0.1, 0.15) is 5.60 Å². The van der Waals surface area contributed by atoms with E-state index in [9.17, 15) is 4.79 Å². The second kappa shape index (κ2) is 3.99. The van der Waals surface area contributed by atoms with Crippen molar-refractivity contribution in [2.45, 2.75) is 78.2 Å². The Morgan fingerprint density at radius 2 is 1.89 bits per heavy atom. The van der Waals surface area contributed by atoms with Crippen LogP contribution in [0.1, 0.15) is 72.6 Å². The molecule has 2 aliphatic carbocycles. The highest BCUT2D eigenvalue weighted by Gasteiger charge is 2.63. The second-order valence-corrected chi connectivity index (χ2v) is 8.00. The molecule has 0 N–H and O–H groups in total. The van der Waals surface area contributed by atoms with Gasteiger partial charge in [0.2, 0.25) is 0 Å². The normalized spacial score (nSPS) is 53.4. The molecule has 2 saturated carbocycles. The summed E-state index contributed by atoms with van der Waals surface area (Å²) in [4.78, 5) is 11.8. The first-order chi connectivity index (χ1) is 8.84. The van der Waals surface area contributed by atoms with Crippen molar-refractivity contribution in [1.29, 1.82) is 0 Å². The summed E-state index contributed by atoms with van der Waals surface area (Å²) in [5, 5.41) is 0. The predicted octanol–water partition coefficient (Wildman–Crippen LogP) is 4.32. The number of carbonyl (C=O) groups is 1. The van der Waals surface area contributed by atoms with E-state index in [1.807, 2.05) is 0 Å². The quantitative estimate of drug-likeness (QED) is 0.659. The number of ether oxygens (including phenoxy) is 1. The minimum Gasteiger partial charge on any atom is -0.459 e. The van der Waals surface area contributed by atoms with Crippen LogP contribution in [0.4, 0.5) is 0 Å². The Kier molecular flexibility index (Phi) is 2.82. The van der Waals surface area contributed by atoms with Gasteiger partial charge in [0.25, 0.3) is 0 Å². The Bertz CT molecular complexity index is 404. The van der Waals surface area contributed by atoms with Gasteiger partial charge in [-0.25, -0.2) is 0 Å². The van der Waals surface area contributed by atoms with E-state index >= 15 is 0 Å². The molecule has 1 heterocycles. The fraction of sp³-hybridized carbons (Fsp3) is 0.941. The third-order valence-corrected chi connectivity index (χ3v) is 7.09. The molecule has 2 heteroatoms. The molecule has 19 heavy (non-hydrogen) atoms. The summed E-state index contributed by atoms with van der Waals surface area (Å²) in [6.45, 7) is 9.46. The van der Waals surface area contributed by atoms with E-state index in [1.165, 1.54) is 32.1 Å². The van der Waals surface area contributed by atoms with Gasteiger partial charge in [-0.05, 0) is 49.4 Å². The zero-order valence-electron chi connectivity index (χ0n) is 12.9. The van der Waals surface area contributed by atoms with Crippen LogP contribution in [0.2, 0.25) is 0 Å². The van der Waals surface area contributed by atoms with Gasteiger partial charge in [-0.2, -0.15) is 0 Å². The number of hydrogen-bond donors (Lipinski definition) is 0. The summed E-state index contributed by atoms with van der Waals surface area (Å²) >= 11 is 0. The minimum atomic E-state index is -0.172. The van der Waals surface area contributed by atoms with Crippen molar-refractivity contribution in [1.82, 2.24) is 0 Å². The van der Waals surface area contributed by atoms with E-state index in [2.05, 4.69) is 27.7 Å². The molecule has 3 aliphatic rings. The van der Waals surface area contributed by atoms with Gasteiger partial charge in [-0.15, -0.1) is 0 Å². The highest BCUT2D eigenvalue weighted by atomic mass is 16.6. The second-order valence-electron chi connectivity index (χ2n) is 8.00. The van der Waals surface area contributed by atoms with Crippen LogP contribution in [0.15, 0.2) is 0 Å².